The molecule has 0 aromatic heterocycles. The minimum atomic E-state index is 0.488. The maximum absolute atomic E-state index is 6.05. The number of rotatable bonds is 0. The molecule has 2 fully saturated rings. The van der Waals surface area contributed by atoms with Crippen molar-refractivity contribution >= 4 is 0 Å². The fourth-order valence-electron chi connectivity index (χ4n) is 2.59. The van der Waals surface area contributed by atoms with E-state index in [9.17, 15) is 0 Å². The first-order chi connectivity index (χ1) is 5.38. The number of hydrogen-bond acceptors (Lipinski definition) is 2. The van der Waals surface area contributed by atoms with Crippen molar-refractivity contribution in [2.45, 2.75) is 44.2 Å². The van der Waals surface area contributed by atoms with E-state index in [4.69, 9.17) is 5.73 Å². The number of hydrogen-bond donors (Lipinski definition) is 2. The van der Waals surface area contributed by atoms with Crippen LogP contribution in [0.5, 0.6) is 0 Å². The summed E-state index contributed by atoms with van der Waals surface area (Å²) in [7, 11) is 0. The van der Waals surface area contributed by atoms with Crippen LogP contribution in [-0.4, -0.2) is 18.6 Å². The van der Waals surface area contributed by atoms with Gasteiger partial charge in [-0.25, -0.2) is 0 Å². The molecule has 2 aliphatic rings. The van der Waals surface area contributed by atoms with Crippen molar-refractivity contribution in [3.05, 3.63) is 0 Å². The molecule has 1 saturated carbocycles. The molecule has 0 unspecified atom stereocenters. The molecule has 0 spiro atoms. The van der Waals surface area contributed by atoms with Gasteiger partial charge < -0.3 is 11.1 Å². The van der Waals surface area contributed by atoms with Gasteiger partial charge in [0.25, 0.3) is 0 Å². The number of piperidine rings is 1. The maximum Gasteiger partial charge on any atom is 0.0110 e. The Bertz CT molecular complexity index is 134. The highest BCUT2D eigenvalue weighted by atomic mass is 14.9. The molecule has 3 atom stereocenters. The van der Waals surface area contributed by atoms with E-state index in [0.29, 0.717) is 6.04 Å². The van der Waals surface area contributed by atoms with Crippen LogP contribution < -0.4 is 11.1 Å². The van der Waals surface area contributed by atoms with Gasteiger partial charge in [-0.05, 0) is 38.1 Å². The molecule has 0 bridgehead atoms. The van der Waals surface area contributed by atoms with Crippen molar-refractivity contribution in [1.29, 1.82) is 0 Å². The Morgan fingerprint density at radius 3 is 2.82 bits per heavy atom. The fraction of sp³-hybridized carbons (Fsp3) is 1.00. The molecule has 1 heterocycles. The third-order valence-electron chi connectivity index (χ3n) is 3.24. The zero-order valence-electron chi connectivity index (χ0n) is 7.05. The summed E-state index contributed by atoms with van der Waals surface area (Å²) in [6.45, 7) is 1.22. The van der Waals surface area contributed by atoms with Gasteiger partial charge in [-0.1, -0.05) is 6.42 Å². The van der Waals surface area contributed by atoms with Crippen LogP contribution >= 0.6 is 0 Å². The lowest BCUT2D eigenvalue weighted by Gasteiger charge is -2.40. The zero-order chi connectivity index (χ0) is 7.68. The normalized spacial score (nSPS) is 45.0. The Hall–Kier alpha value is -0.0800. The molecule has 64 valence electrons. The summed E-state index contributed by atoms with van der Waals surface area (Å²) in [5.41, 5.74) is 6.05. The molecule has 2 nitrogen and oxygen atoms in total. The lowest BCUT2D eigenvalue weighted by Crippen LogP contribution is -2.51. The summed E-state index contributed by atoms with van der Waals surface area (Å²) >= 11 is 0. The molecule has 1 aliphatic heterocycles. The lowest BCUT2D eigenvalue weighted by atomic mass is 9.76. The second kappa shape index (κ2) is 3.11. The van der Waals surface area contributed by atoms with Crippen LogP contribution in [0.4, 0.5) is 0 Å². The molecule has 0 radical (unpaired) electrons. The highest BCUT2D eigenvalue weighted by Gasteiger charge is 2.32. The zero-order valence-corrected chi connectivity index (χ0v) is 7.05. The van der Waals surface area contributed by atoms with E-state index in [0.717, 1.165) is 12.0 Å². The number of nitrogens with one attached hydrogen (secondary N) is 1. The van der Waals surface area contributed by atoms with Crippen LogP contribution in [0.1, 0.15) is 32.1 Å². The summed E-state index contributed by atoms with van der Waals surface area (Å²) in [5.74, 6) is 0.789. The Balaban J connectivity index is 1.99. The van der Waals surface area contributed by atoms with E-state index >= 15 is 0 Å². The van der Waals surface area contributed by atoms with E-state index < -0.39 is 0 Å². The van der Waals surface area contributed by atoms with Crippen molar-refractivity contribution in [2.75, 3.05) is 6.54 Å². The molecule has 3 N–H and O–H groups in total. The minimum Gasteiger partial charge on any atom is -0.327 e. The second-order valence-electron chi connectivity index (χ2n) is 3.96. The van der Waals surface area contributed by atoms with Gasteiger partial charge in [0.1, 0.15) is 0 Å². The lowest BCUT2D eigenvalue weighted by molar-refractivity contribution is 0.184. The third-order valence-corrected chi connectivity index (χ3v) is 3.24. The van der Waals surface area contributed by atoms with E-state index in [2.05, 4.69) is 5.32 Å². The first-order valence-electron chi connectivity index (χ1n) is 4.87. The largest absolute Gasteiger partial charge is 0.327 e. The topological polar surface area (TPSA) is 38.0 Å². The summed E-state index contributed by atoms with van der Waals surface area (Å²) in [6.07, 6.45) is 6.63. The van der Waals surface area contributed by atoms with Crippen LogP contribution in [0, 0.1) is 5.92 Å². The molecule has 0 aromatic carbocycles. The summed E-state index contributed by atoms with van der Waals surface area (Å²) in [6, 6.07) is 1.24. The molecule has 1 saturated heterocycles. The van der Waals surface area contributed by atoms with Crippen LogP contribution in [0.15, 0.2) is 0 Å². The molecular weight excluding hydrogens is 136 g/mol. The standard InChI is InChI=1S/C9H18N2/c10-8-4-1-5-9-7(8)3-2-6-11-9/h7-9,11H,1-6,10H2/t7-,8-,9+/m1/s1. The van der Waals surface area contributed by atoms with Gasteiger partial charge >= 0.3 is 0 Å². The molecule has 0 amide bonds. The smallest absolute Gasteiger partial charge is 0.0110 e. The quantitative estimate of drug-likeness (QED) is 0.543. The highest BCUT2D eigenvalue weighted by Crippen LogP contribution is 2.29. The molecule has 2 heteroatoms. The van der Waals surface area contributed by atoms with Crippen LogP contribution in [0.2, 0.25) is 0 Å². The Labute approximate surface area is 68.5 Å². The monoisotopic (exact) mass is 154 g/mol. The molecule has 2 rings (SSSR count). The van der Waals surface area contributed by atoms with E-state index in [1.807, 2.05) is 0 Å². The van der Waals surface area contributed by atoms with Gasteiger partial charge in [-0.2, -0.15) is 0 Å². The van der Waals surface area contributed by atoms with E-state index in [1.54, 1.807) is 0 Å². The van der Waals surface area contributed by atoms with Crippen LogP contribution in [-0.2, 0) is 0 Å². The van der Waals surface area contributed by atoms with Gasteiger partial charge in [0, 0.05) is 12.1 Å². The van der Waals surface area contributed by atoms with E-state index in [1.165, 1.54) is 38.6 Å². The van der Waals surface area contributed by atoms with Crippen molar-refractivity contribution in [3.8, 4) is 0 Å². The summed E-state index contributed by atoms with van der Waals surface area (Å²) in [5, 5.41) is 3.57. The Morgan fingerprint density at radius 2 is 2.00 bits per heavy atom. The Morgan fingerprint density at radius 1 is 1.09 bits per heavy atom. The maximum atomic E-state index is 6.05. The molecule has 1 aliphatic carbocycles. The van der Waals surface area contributed by atoms with E-state index in [-0.39, 0.29) is 0 Å². The van der Waals surface area contributed by atoms with Gasteiger partial charge in [0.05, 0.1) is 0 Å². The predicted molar refractivity (Wildman–Crippen MR) is 46.3 cm³/mol. The molecule has 0 aromatic rings. The Kier molecular flexibility index (Phi) is 2.14. The highest BCUT2D eigenvalue weighted by molar-refractivity contribution is 4.91. The van der Waals surface area contributed by atoms with Gasteiger partial charge in [-0.15, -0.1) is 0 Å². The summed E-state index contributed by atoms with van der Waals surface area (Å²) in [4.78, 5) is 0. The molecule has 11 heavy (non-hydrogen) atoms. The van der Waals surface area contributed by atoms with Crippen LogP contribution in [0.25, 0.3) is 0 Å². The average Bonchev–Trinajstić information content (AvgIpc) is 2.06. The second-order valence-corrected chi connectivity index (χ2v) is 3.96. The summed E-state index contributed by atoms with van der Waals surface area (Å²) < 4.78 is 0. The minimum absolute atomic E-state index is 0.488. The van der Waals surface area contributed by atoms with Gasteiger partial charge in [-0.3, -0.25) is 0 Å². The fourth-order valence-corrected chi connectivity index (χ4v) is 2.59. The molecular formula is C9H18N2. The third kappa shape index (κ3) is 1.42. The number of nitrogens with two attached hydrogens (primary N) is 1. The van der Waals surface area contributed by atoms with Crippen molar-refractivity contribution < 1.29 is 0 Å². The van der Waals surface area contributed by atoms with Crippen LogP contribution in [0.3, 0.4) is 0 Å². The average molecular weight is 154 g/mol. The first kappa shape index (κ1) is 7.56. The van der Waals surface area contributed by atoms with Crippen molar-refractivity contribution in [2.24, 2.45) is 11.7 Å². The first-order valence-corrected chi connectivity index (χ1v) is 4.87. The van der Waals surface area contributed by atoms with Crippen molar-refractivity contribution in [3.63, 3.8) is 0 Å². The predicted octanol–water partition coefficient (Wildman–Crippen LogP) is 0.866. The van der Waals surface area contributed by atoms with Gasteiger partial charge in [0.15, 0.2) is 0 Å². The SMILES string of the molecule is N[C@@H]1CCC[C@@H]2NCCC[C@H]12. The van der Waals surface area contributed by atoms with Gasteiger partial charge in [0.2, 0.25) is 0 Å². The number of fused-ring (bicyclic) bond motifs is 1. The van der Waals surface area contributed by atoms with Crippen molar-refractivity contribution in [1.82, 2.24) is 5.32 Å².